The van der Waals surface area contributed by atoms with Gasteiger partial charge in [0.1, 0.15) is 0 Å². The number of halogens is 1. The fourth-order valence-corrected chi connectivity index (χ4v) is 3.53. The largest absolute Gasteiger partial charge is 0.325 e. The van der Waals surface area contributed by atoms with Crippen LogP contribution in [0.4, 0.5) is 10.5 Å². The fourth-order valence-electron chi connectivity index (χ4n) is 3.41. The molecule has 0 saturated carbocycles. The number of hydrogen-bond acceptors (Lipinski definition) is 1. The van der Waals surface area contributed by atoms with Crippen molar-refractivity contribution in [3.8, 4) is 0 Å². The maximum Gasteiger partial charge on any atom is 0.325 e. The summed E-state index contributed by atoms with van der Waals surface area (Å²) in [7, 11) is 0. The van der Waals surface area contributed by atoms with Gasteiger partial charge in [-0.3, -0.25) is 4.90 Å². The van der Waals surface area contributed by atoms with Gasteiger partial charge >= 0.3 is 6.03 Å². The van der Waals surface area contributed by atoms with Crippen molar-refractivity contribution >= 4 is 23.3 Å². The van der Waals surface area contributed by atoms with Gasteiger partial charge in [0.05, 0.1) is 12.1 Å². The van der Waals surface area contributed by atoms with E-state index in [0.29, 0.717) is 16.9 Å². The van der Waals surface area contributed by atoms with Crippen LogP contribution in [0.15, 0.2) is 36.4 Å². The van der Waals surface area contributed by atoms with Crippen LogP contribution < -0.4 is 4.90 Å². The predicted octanol–water partition coefficient (Wildman–Crippen LogP) is 4.18. The smallest absolute Gasteiger partial charge is 0.318 e. The monoisotopic (exact) mass is 304 g/mol. The Morgan fingerprint density at radius 1 is 1.19 bits per heavy atom. The summed E-state index contributed by atoms with van der Waals surface area (Å²) < 4.78 is 0. The molecule has 112 valence electrons. The van der Waals surface area contributed by atoms with Gasteiger partial charge in [-0.25, -0.2) is 4.79 Å². The first kappa shape index (κ1) is 14.5. The molecule has 0 radical (unpaired) electrons. The van der Waals surface area contributed by atoms with Crippen molar-refractivity contribution in [2.45, 2.75) is 32.9 Å². The van der Waals surface area contributed by atoms with Crippen LogP contribution in [0.3, 0.4) is 0 Å². The van der Waals surface area contributed by atoms with E-state index in [1.165, 1.54) is 0 Å². The van der Waals surface area contributed by atoms with Gasteiger partial charge in [-0.1, -0.05) is 44.5 Å². The molecule has 0 spiro atoms. The molecule has 3 atom stereocenters. The highest BCUT2D eigenvalue weighted by atomic mass is 35.5. The van der Waals surface area contributed by atoms with Crippen LogP contribution in [0.1, 0.15) is 20.8 Å². The van der Waals surface area contributed by atoms with Crippen LogP contribution in [-0.2, 0) is 0 Å². The molecule has 0 aromatic heterocycles. The number of benzene rings is 1. The molecule has 0 unspecified atom stereocenters. The second-order valence-corrected chi connectivity index (χ2v) is 6.84. The number of nitrogens with zero attached hydrogens (tertiary/aromatic N) is 2. The first-order valence-corrected chi connectivity index (χ1v) is 7.90. The highest BCUT2D eigenvalue weighted by Gasteiger charge is 2.49. The zero-order chi connectivity index (χ0) is 15.1. The van der Waals surface area contributed by atoms with Crippen molar-refractivity contribution in [3.63, 3.8) is 0 Å². The molecule has 1 heterocycles. The van der Waals surface area contributed by atoms with Crippen molar-refractivity contribution in [1.82, 2.24) is 4.90 Å². The summed E-state index contributed by atoms with van der Waals surface area (Å²) in [5.41, 5.74) is 0.921. The quantitative estimate of drug-likeness (QED) is 0.768. The van der Waals surface area contributed by atoms with Crippen LogP contribution in [0.2, 0.25) is 5.02 Å². The maximum atomic E-state index is 12.9. The lowest BCUT2D eigenvalue weighted by Crippen LogP contribution is -2.40. The van der Waals surface area contributed by atoms with Gasteiger partial charge in [-0.2, -0.15) is 0 Å². The summed E-state index contributed by atoms with van der Waals surface area (Å²) in [6, 6.07) is 8.01. The van der Waals surface area contributed by atoms with E-state index in [4.69, 9.17) is 11.6 Å². The minimum Gasteiger partial charge on any atom is -0.318 e. The number of rotatable bonds is 3. The lowest BCUT2D eigenvalue weighted by molar-refractivity contribution is 0.185. The average molecular weight is 305 g/mol. The van der Waals surface area contributed by atoms with Crippen molar-refractivity contribution in [3.05, 3.63) is 41.4 Å². The summed E-state index contributed by atoms with van der Waals surface area (Å²) in [5, 5.41) is 0.691. The number of urea groups is 1. The third kappa shape index (κ3) is 2.44. The van der Waals surface area contributed by atoms with Crippen molar-refractivity contribution in [2.24, 2.45) is 11.8 Å². The number of amides is 2. The van der Waals surface area contributed by atoms with E-state index in [-0.39, 0.29) is 18.1 Å². The average Bonchev–Trinajstić information content (AvgIpc) is 2.91. The predicted molar refractivity (Wildman–Crippen MR) is 86.8 cm³/mol. The molecule has 2 aliphatic rings. The van der Waals surface area contributed by atoms with E-state index in [1.807, 2.05) is 34.1 Å². The molecule has 2 amide bonds. The molecular formula is C17H21ClN2O. The highest BCUT2D eigenvalue weighted by molar-refractivity contribution is 6.30. The van der Waals surface area contributed by atoms with Gasteiger partial charge in [0.25, 0.3) is 0 Å². The van der Waals surface area contributed by atoms with E-state index >= 15 is 0 Å². The normalized spacial score (nSPS) is 27.9. The van der Waals surface area contributed by atoms with Gasteiger partial charge < -0.3 is 4.90 Å². The molecule has 3 nitrogen and oxygen atoms in total. The molecule has 1 aliphatic heterocycles. The second-order valence-electron chi connectivity index (χ2n) is 6.40. The standard InChI is InChI=1S/C17H21ClN2O/c1-11(2)10-19-16-12(3)4-9-15(16)20(17(19)21)14-7-5-13(18)6-8-14/h4-9,11-12,15-16H,10H2,1-3H3/t12-,15-,16+/m0/s1. The van der Waals surface area contributed by atoms with Gasteiger partial charge in [0.2, 0.25) is 0 Å². The van der Waals surface area contributed by atoms with Crippen LogP contribution in [0, 0.1) is 11.8 Å². The second kappa shape index (κ2) is 5.38. The maximum absolute atomic E-state index is 12.9. The number of carbonyl (C=O) groups is 1. The molecule has 3 rings (SSSR count). The van der Waals surface area contributed by atoms with Gasteiger partial charge in [-0.15, -0.1) is 0 Å². The first-order chi connectivity index (χ1) is 9.99. The molecule has 0 bridgehead atoms. The first-order valence-electron chi connectivity index (χ1n) is 7.52. The van der Waals surface area contributed by atoms with Crippen LogP contribution >= 0.6 is 11.6 Å². The number of hydrogen-bond donors (Lipinski definition) is 0. The van der Waals surface area contributed by atoms with E-state index in [0.717, 1.165) is 12.2 Å². The summed E-state index contributed by atoms with van der Waals surface area (Å²) >= 11 is 5.96. The summed E-state index contributed by atoms with van der Waals surface area (Å²) in [4.78, 5) is 16.8. The SMILES string of the molecule is CC(C)CN1C(=O)N(c2ccc(Cl)cc2)[C@H]2C=C[C@H](C)[C@H]21. The third-order valence-corrected chi connectivity index (χ3v) is 4.53. The zero-order valence-electron chi connectivity index (χ0n) is 12.7. The van der Waals surface area contributed by atoms with Gasteiger partial charge in [0, 0.05) is 17.3 Å². The van der Waals surface area contributed by atoms with Crippen LogP contribution in [-0.4, -0.2) is 29.6 Å². The van der Waals surface area contributed by atoms with Gasteiger partial charge in [-0.05, 0) is 36.1 Å². The number of anilines is 1. The highest BCUT2D eigenvalue weighted by Crippen LogP contribution is 2.38. The van der Waals surface area contributed by atoms with E-state index in [9.17, 15) is 4.79 Å². The topological polar surface area (TPSA) is 23.6 Å². The van der Waals surface area contributed by atoms with Crippen LogP contribution in [0.25, 0.3) is 0 Å². The molecule has 0 N–H and O–H groups in total. The molecular weight excluding hydrogens is 284 g/mol. The van der Waals surface area contributed by atoms with Crippen molar-refractivity contribution in [1.29, 1.82) is 0 Å². The Hall–Kier alpha value is -1.48. The molecule has 1 fully saturated rings. The molecule has 1 saturated heterocycles. The molecule has 1 aromatic carbocycles. The molecule has 1 aromatic rings. The Kier molecular flexibility index (Phi) is 3.70. The lowest BCUT2D eigenvalue weighted by atomic mass is 10.0. The van der Waals surface area contributed by atoms with Crippen LogP contribution in [0.5, 0.6) is 0 Å². The van der Waals surface area contributed by atoms with E-state index in [1.54, 1.807) is 0 Å². The fraction of sp³-hybridized carbons (Fsp3) is 0.471. The third-order valence-electron chi connectivity index (χ3n) is 4.28. The molecule has 21 heavy (non-hydrogen) atoms. The van der Waals surface area contributed by atoms with Crippen molar-refractivity contribution < 1.29 is 4.79 Å². The Bertz CT molecular complexity index is 567. The Labute approximate surface area is 131 Å². The Morgan fingerprint density at radius 2 is 1.86 bits per heavy atom. The lowest BCUT2D eigenvalue weighted by Gasteiger charge is -2.27. The van der Waals surface area contributed by atoms with E-state index in [2.05, 4.69) is 32.9 Å². The minimum atomic E-state index is 0.109. The van der Waals surface area contributed by atoms with Gasteiger partial charge in [0.15, 0.2) is 0 Å². The van der Waals surface area contributed by atoms with E-state index < -0.39 is 0 Å². The number of carbonyl (C=O) groups excluding carboxylic acids is 1. The Balaban J connectivity index is 1.95. The zero-order valence-corrected chi connectivity index (χ0v) is 13.4. The Morgan fingerprint density at radius 3 is 2.48 bits per heavy atom. The molecule has 1 aliphatic carbocycles. The number of fused-ring (bicyclic) bond motifs is 1. The summed E-state index contributed by atoms with van der Waals surface area (Å²) in [6.45, 7) is 7.30. The summed E-state index contributed by atoms with van der Waals surface area (Å²) in [5.74, 6) is 0.863. The van der Waals surface area contributed by atoms with Crippen molar-refractivity contribution in [2.75, 3.05) is 11.4 Å². The minimum absolute atomic E-state index is 0.109. The summed E-state index contributed by atoms with van der Waals surface area (Å²) in [6.07, 6.45) is 4.39. The molecule has 4 heteroatoms.